The van der Waals surface area contributed by atoms with Crippen LogP contribution in [0.4, 0.5) is 11.4 Å². The zero-order chi connectivity index (χ0) is 21.3. The number of pyridine rings is 1. The van der Waals surface area contributed by atoms with Gasteiger partial charge in [-0.05, 0) is 55.3 Å². The summed E-state index contributed by atoms with van der Waals surface area (Å²) in [4.78, 5) is 9.90. The molecule has 160 valence electrons. The summed E-state index contributed by atoms with van der Waals surface area (Å²) in [5, 5.41) is 2.46. The van der Waals surface area contributed by atoms with Crippen molar-refractivity contribution in [1.29, 1.82) is 0 Å². The zero-order valence-corrected chi connectivity index (χ0v) is 19.2. The van der Waals surface area contributed by atoms with Crippen molar-refractivity contribution in [2.75, 3.05) is 36.0 Å². The number of rotatable bonds is 11. The maximum absolute atomic E-state index is 4.82. The van der Waals surface area contributed by atoms with E-state index in [-0.39, 0.29) is 0 Å². The first-order valence-corrected chi connectivity index (χ1v) is 11.7. The predicted octanol–water partition coefficient (Wildman–Crippen LogP) is 7.15. The van der Waals surface area contributed by atoms with Crippen molar-refractivity contribution in [2.24, 2.45) is 0 Å². The summed E-state index contributed by atoms with van der Waals surface area (Å²) < 4.78 is 0. The Balaban J connectivity index is 2.17. The summed E-state index contributed by atoms with van der Waals surface area (Å²) in [7, 11) is 0. The van der Waals surface area contributed by atoms with Gasteiger partial charge in [0.1, 0.15) is 0 Å². The van der Waals surface area contributed by atoms with Crippen LogP contribution < -0.4 is 9.80 Å². The molecule has 0 N–H and O–H groups in total. The fraction of sp³-hybridized carbons (Fsp3) is 0.444. The van der Waals surface area contributed by atoms with Gasteiger partial charge in [0.15, 0.2) is 0 Å². The summed E-state index contributed by atoms with van der Waals surface area (Å²) in [5.41, 5.74) is 4.93. The molecule has 0 aliphatic rings. The minimum atomic E-state index is 1.08. The Labute approximate surface area is 182 Å². The molecule has 3 rings (SSSR count). The first-order chi connectivity index (χ1) is 14.7. The molecule has 0 fully saturated rings. The molecule has 0 amide bonds. The lowest BCUT2D eigenvalue weighted by atomic mass is 10.0. The normalized spacial score (nSPS) is 11.1. The van der Waals surface area contributed by atoms with Crippen molar-refractivity contribution in [3.63, 3.8) is 0 Å². The molecule has 0 saturated carbocycles. The molecule has 0 aliphatic carbocycles. The molecule has 1 aromatic heterocycles. The first kappa shape index (κ1) is 22.1. The van der Waals surface area contributed by atoms with Crippen LogP contribution in [0.1, 0.15) is 53.4 Å². The van der Waals surface area contributed by atoms with Crippen LogP contribution in [0.15, 0.2) is 54.7 Å². The minimum absolute atomic E-state index is 1.08. The van der Waals surface area contributed by atoms with Gasteiger partial charge in [-0.3, -0.25) is 4.98 Å². The maximum Gasteiger partial charge on any atom is 0.0781 e. The van der Waals surface area contributed by atoms with Gasteiger partial charge in [0.2, 0.25) is 0 Å². The fourth-order valence-corrected chi connectivity index (χ4v) is 4.27. The van der Waals surface area contributed by atoms with E-state index in [0.717, 1.165) is 57.6 Å². The van der Waals surface area contributed by atoms with Crippen LogP contribution in [0.3, 0.4) is 0 Å². The molecule has 30 heavy (non-hydrogen) atoms. The number of benzene rings is 2. The molecule has 0 spiro atoms. The van der Waals surface area contributed by atoms with Crippen LogP contribution in [0.5, 0.6) is 0 Å². The molecule has 0 radical (unpaired) electrons. The van der Waals surface area contributed by atoms with Crippen LogP contribution in [0.25, 0.3) is 22.0 Å². The van der Waals surface area contributed by atoms with Gasteiger partial charge in [-0.2, -0.15) is 0 Å². The topological polar surface area (TPSA) is 19.4 Å². The highest BCUT2D eigenvalue weighted by molar-refractivity contribution is 5.95. The van der Waals surface area contributed by atoms with Gasteiger partial charge in [0.25, 0.3) is 0 Å². The van der Waals surface area contributed by atoms with Crippen LogP contribution in [-0.2, 0) is 0 Å². The molecule has 3 aromatic rings. The Kier molecular flexibility index (Phi) is 8.12. The van der Waals surface area contributed by atoms with Crippen LogP contribution in [-0.4, -0.2) is 31.2 Å². The predicted molar refractivity (Wildman–Crippen MR) is 133 cm³/mol. The van der Waals surface area contributed by atoms with Crippen molar-refractivity contribution in [3.8, 4) is 11.3 Å². The van der Waals surface area contributed by atoms with E-state index in [4.69, 9.17) is 4.98 Å². The number of aromatic nitrogens is 1. The average Bonchev–Trinajstić information content (AvgIpc) is 2.78. The maximum atomic E-state index is 4.82. The van der Waals surface area contributed by atoms with Crippen molar-refractivity contribution in [1.82, 2.24) is 4.98 Å². The Hall–Kier alpha value is -2.55. The molecule has 0 bridgehead atoms. The molecule has 0 atom stereocenters. The highest BCUT2D eigenvalue weighted by Gasteiger charge is 2.14. The second kappa shape index (κ2) is 11.0. The third kappa shape index (κ3) is 5.13. The van der Waals surface area contributed by atoms with Gasteiger partial charge in [-0.15, -0.1) is 0 Å². The largest absolute Gasteiger partial charge is 0.371 e. The zero-order valence-electron chi connectivity index (χ0n) is 19.2. The molecular formula is C27H37N3. The molecular weight excluding hydrogens is 366 g/mol. The number of hydrogen-bond acceptors (Lipinski definition) is 3. The van der Waals surface area contributed by atoms with Crippen LogP contribution in [0, 0.1) is 0 Å². The van der Waals surface area contributed by atoms with Gasteiger partial charge >= 0.3 is 0 Å². The first-order valence-electron chi connectivity index (χ1n) is 11.7. The monoisotopic (exact) mass is 403 g/mol. The van der Waals surface area contributed by atoms with Gasteiger partial charge < -0.3 is 9.80 Å². The lowest BCUT2D eigenvalue weighted by Crippen LogP contribution is -2.27. The fourth-order valence-electron chi connectivity index (χ4n) is 4.27. The second-order valence-electron chi connectivity index (χ2n) is 8.09. The summed E-state index contributed by atoms with van der Waals surface area (Å²) in [6.07, 6.45) is 6.55. The average molecular weight is 404 g/mol. The van der Waals surface area contributed by atoms with E-state index in [1.165, 1.54) is 27.7 Å². The standard InChI is InChI=1S/C27H37N3/c1-5-15-29(16-6-2)24-19-23(20-25(21-24)30(17-7-3)18-8-4)27-26-12-10-9-11-22(26)13-14-28-27/h9-14,19-21H,5-8,15-18H2,1-4H3. The smallest absolute Gasteiger partial charge is 0.0781 e. The lowest BCUT2D eigenvalue weighted by molar-refractivity contribution is 0.736. The highest BCUT2D eigenvalue weighted by atomic mass is 15.1. The van der Waals surface area contributed by atoms with E-state index in [0.29, 0.717) is 0 Å². The third-order valence-corrected chi connectivity index (χ3v) is 5.55. The van der Waals surface area contributed by atoms with E-state index >= 15 is 0 Å². The number of anilines is 2. The molecule has 0 aliphatic heterocycles. The summed E-state index contributed by atoms with van der Waals surface area (Å²) >= 11 is 0. The number of nitrogens with zero attached hydrogens (tertiary/aromatic N) is 3. The minimum Gasteiger partial charge on any atom is -0.371 e. The van der Waals surface area contributed by atoms with Gasteiger partial charge in [-0.1, -0.05) is 52.0 Å². The Morgan fingerprint density at radius 3 is 1.73 bits per heavy atom. The number of hydrogen-bond donors (Lipinski definition) is 0. The van der Waals surface area contributed by atoms with Crippen LogP contribution >= 0.6 is 0 Å². The molecule has 2 aromatic carbocycles. The molecule has 0 saturated heterocycles. The number of fused-ring (bicyclic) bond motifs is 1. The molecule has 3 heteroatoms. The Bertz CT molecular complexity index is 883. The quantitative estimate of drug-likeness (QED) is 0.339. The van der Waals surface area contributed by atoms with Gasteiger partial charge in [0.05, 0.1) is 5.69 Å². The SMILES string of the molecule is CCCN(CCC)c1cc(-c2nccc3ccccc23)cc(N(CCC)CCC)c1. The molecule has 3 nitrogen and oxygen atoms in total. The Morgan fingerprint density at radius 2 is 1.20 bits per heavy atom. The highest BCUT2D eigenvalue weighted by Crippen LogP contribution is 2.34. The second-order valence-corrected chi connectivity index (χ2v) is 8.09. The van der Waals surface area contributed by atoms with Crippen molar-refractivity contribution >= 4 is 22.1 Å². The van der Waals surface area contributed by atoms with Crippen molar-refractivity contribution in [3.05, 3.63) is 54.7 Å². The summed E-state index contributed by atoms with van der Waals surface area (Å²) in [6, 6.07) is 17.8. The van der Waals surface area contributed by atoms with E-state index in [1.807, 2.05) is 6.20 Å². The van der Waals surface area contributed by atoms with E-state index in [1.54, 1.807) is 0 Å². The van der Waals surface area contributed by atoms with E-state index in [9.17, 15) is 0 Å². The Morgan fingerprint density at radius 1 is 0.667 bits per heavy atom. The van der Waals surface area contributed by atoms with Gasteiger partial charge in [0, 0.05) is 54.7 Å². The van der Waals surface area contributed by atoms with Crippen molar-refractivity contribution < 1.29 is 0 Å². The summed E-state index contributed by atoms with van der Waals surface area (Å²) in [6.45, 7) is 13.4. The third-order valence-electron chi connectivity index (χ3n) is 5.55. The summed E-state index contributed by atoms with van der Waals surface area (Å²) in [5.74, 6) is 0. The van der Waals surface area contributed by atoms with Crippen LogP contribution in [0.2, 0.25) is 0 Å². The molecule has 1 heterocycles. The lowest BCUT2D eigenvalue weighted by Gasteiger charge is -2.29. The van der Waals surface area contributed by atoms with Crippen molar-refractivity contribution in [2.45, 2.75) is 53.4 Å². The van der Waals surface area contributed by atoms with Gasteiger partial charge in [-0.25, -0.2) is 0 Å². The van der Waals surface area contributed by atoms with E-state index in [2.05, 4.69) is 86.0 Å². The molecule has 0 unspecified atom stereocenters. The van der Waals surface area contributed by atoms with E-state index < -0.39 is 0 Å².